The lowest BCUT2D eigenvalue weighted by atomic mass is 10.2. The maximum absolute atomic E-state index is 12.6. The molecule has 0 atom stereocenters. The Bertz CT molecular complexity index is 722. The number of rotatable bonds is 6. The summed E-state index contributed by atoms with van der Waals surface area (Å²) < 4.78 is 11.4. The minimum Gasteiger partial charge on any atom is -0.497 e. The molecule has 0 aliphatic heterocycles. The molecule has 1 heterocycles. The number of carbonyl (C=O) groups is 2. The van der Waals surface area contributed by atoms with Gasteiger partial charge in [0.15, 0.2) is 0 Å². The number of carbonyl (C=O) groups excluding carboxylic acids is 2. The Kier molecular flexibility index (Phi) is 5.57. The van der Waals surface area contributed by atoms with Crippen LogP contribution in [0.2, 0.25) is 0 Å². The fourth-order valence-electron chi connectivity index (χ4n) is 2.29. The Morgan fingerprint density at radius 1 is 1.21 bits per heavy atom. The van der Waals surface area contributed by atoms with E-state index < -0.39 is 5.97 Å². The zero-order valence-corrected chi connectivity index (χ0v) is 14.3. The van der Waals surface area contributed by atoms with Gasteiger partial charge in [-0.3, -0.25) is 14.3 Å². The Morgan fingerprint density at radius 2 is 1.88 bits per heavy atom. The Balaban J connectivity index is 2.20. The number of ether oxygens (including phenoxy) is 2. The second-order valence-corrected chi connectivity index (χ2v) is 5.42. The summed E-state index contributed by atoms with van der Waals surface area (Å²) in [5.74, 6) is 0.0261. The molecular formula is C17H21N3O4. The molecular weight excluding hydrogens is 310 g/mol. The standard InChI is InChI=1S/C17H21N3O4/c1-12-9-18-20(10-13-5-7-14(23-3)8-6-13)16(12)17(22)19(2)11-15(21)24-4/h5-9H,10-11H2,1-4H3. The number of nitrogens with zero attached hydrogens (tertiary/aromatic N) is 3. The van der Waals surface area contributed by atoms with E-state index in [2.05, 4.69) is 9.84 Å². The normalized spacial score (nSPS) is 10.3. The molecule has 0 fully saturated rings. The van der Waals surface area contributed by atoms with Gasteiger partial charge in [-0.15, -0.1) is 0 Å². The number of hydrogen-bond acceptors (Lipinski definition) is 5. The third kappa shape index (κ3) is 3.92. The molecule has 0 N–H and O–H groups in total. The van der Waals surface area contributed by atoms with Gasteiger partial charge in [-0.1, -0.05) is 12.1 Å². The van der Waals surface area contributed by atoms with Crippen molar-refractivity contribution in [3.05, 3.63) is 47.3 Å². The van der Waals surface area contributed by atoms with Crippen LogP contribution in [0.25, 0.3) is 0 Å². The predicted octanol–water partition coefficient (Wildman–Crippen LogP) is 1.49. The summed E-state index contributed by atoms with van der Waals surface area (Å²) in [5, 5.41) is 4.28. The van der Waals surface area contributed by atoms with Crippen LogP contribution >= 0.6 is 0 Å². The molecule has 1 aromatic heterocycles. The molecule has 0 aliphatic carbocycles. The van der Waals surface area contributed by atoms with Gasteiger partial charge >= 0.3 is 5.97 Å². The minimum atomic E-state index is -0.468. The van der Waals surface area contributed by atoms with Gasteiger partial charge in [0.1, 0.15) is 18.0 Å². The van der Waals surface area contributed by atoms with E-state index >= 15 is 0 Å². The fourth-order valence-corrected chi connectivity index (χ4v) is 2.29. The third-order valence-corrected chi connectivity index (χ3v) is 3.66. The Morgan fingerprint density at radius 3 is 2.46 bits per heavy atom. The van der Waals surface area contributed by atoms with Crippen LogP contribution in [0.15, 0.2) is 30.5 Å². The molecule has 0 unspecified atom stereocenters. The average molecular weight is 331 g/mol. The van der Waals surface area contributed by atoms with Crippen LogP contribution in [-0.4, -0.2) is 54.4 Å². The number of hydrogen-bond donors (Lipinski definition) is 0. The summed E-state index contributed by atoms with van der Waals surface area (Å²) in [4.78, 5) is 25.3. The summed E-state index contributed by atoms with van der Waals surface area (Å²) in [5.41, 5.74) is 2.20. The number of methoxy groups -OCH3 is 2. The molecule has 0 saturated carbocycles. The van der Waals surface area contributed by atoms with Gasteiger partial charge in [0.05, 0.1) is 27.0 Å². The highest BCUT2D eigenvalue weighted by molar-refractivity contribution is 5.95. The molecule has 1 aromatic carbocycles. The quantitative estimate of drug-likeness (QED) is 0.750. The summed E-state index contributed by atoms with van der Waals surface area (Å²) in [6.45, 7) is 2.16. The van der Waals surface area contributed by atoms with Crippen molar-refractivity contribution in [1.82, 2.24) is 14.7 Å². The zero-order valence-electron chi connectivity index (χ0n) is 14.3. The van der Waals surface area contributed by atoms with Crippen molar-refractivity contribution in [1.29, 1.82) is 0 Å². The van der Waals surface area contributed by atoms with Gasteiger partial charge < -0.3 is 14.4 Å². The van der Waals surface area contributed by atoms with Crippen molar-refractivity contribution in [2.75, 3.05) is 27.8 Å². The van der Waals surface area contributed by atoms with E-state index in [0.717, 1.165) is 16.9 Å². The van der Waals surface area contributed by atoms with E-state index in [0.29, 0.717) is 12.2 Å². The van der Waals surface area contributed by atoms with E-state index in [1.165, 1.54) is 12.0 Å². The molecule has 2 rings (SSSR count). The van der Waals surface area contributed by atoms with E-state index in [1.807, 2.05) is 31.2 Å². The molecule has 0 saturated heterocycles. The van der Waals surface area contributed by atoms with E-state index in [-0.39, 0.29) is 12.5 Å². The van der Waals surface area contributed by atoms with Gasteiger partial charge in [-0.25, -0.2) is 0 Å². The van der Waals surface area contributed by atoms with Crippen molar-refractivity contribution in [2.24, 2.45) is 0 Å². The van der Waals surface area contributed by atoms with Crippen LogP contribution < -0.4 is 4.74 Å². The van der Waals surface area contributed by atoms with E-state index in [9.17, 15) is 9.59 Å². The topological polar surface area (TPSA) is 73.7 Å². The van der Waals surface area contributed by atoms with Crippen molar-refractivity contribution in [3.8, 4) is 5.75 Å². The lowest BCUT2D eigenvalue weighted by Crippen LogP contribution is -2.34. The first kappa shape index (κ1) is 17.5. The highest BCUT2D eigenvalue weighted by atomic mass is 16.5. The van der Waals surface area contributed by atoms with Crippen LogP contribution in [0.3, 0.4) is 0 Å². The van der Waals surface area contributed by atoms with Gasteiger partial charge in [-0.2, -0.15) is 5.10 Å². The molecule has 7 nitrogen and oxygen atoms in total. The third-order valence-electron chi connectivity index (χ3n) is 3.66. The Labute approximate surface area is 140 Å². The number of aryl methyl sites for hydroxylation is 1. The maximum atomic E-state index is 12.6. The van der Waals surface area contributed by atoms with Gasteiger partial charge in [0, 0.05) is 12.6 Å². The summed E-state index contributed by atoms with van der Waals surface area (Å²) in [6, 6.07) is 7.55. The minimum absolute atomic E-state index is 0.109. The molecule has 0 aliphatic rings. The smallest absolute Gasteiger partial charge is 0.325 e. The first-order valence-electron chi connectivity index (χ1n) is 7.44. The summed E-state index contributed by atoms with van der Waals surface area (Å²) >= 11 is 0. The van der Waals surface area contributed by atoms with E-state index in [4.69, 9.17) is 4.74 Å². The van der Waals surface area contributed by atoms with Crippen LogP contribution in [0.5, 0.6) is 5.75 Å². The van der Waals surface area contributed by atoms with Crippen molar-refractivity contribution in [2.45, 2.75) is 13.5 Å². The number of amides is 1. The SMILES string of the molecule is COC(=O)CN(C)C(=O)c1c(C)cnn1Cc1ccc(OC)cc1. The molecule has 0 radical (unpaired) electrons. The highest BCUT2D eigenvalue weighted by Gasteiger charge is 2.21. The van der Waals surface area contributed by atoms with Gasteiger partial charge in [-0.05, 0) is 24.6 Å². The lowest BCUT2D eigenvalue weighted by molar-refractivity contribution is -0.141. The fraction of sp³-hybridized carbons (Fsp3) is 0.353. The molecule has 7 heteroatoms. The van der Waals surface area contributed by atoms with E-state index in [1.54, 1.807) is 25.0 Å². The maximum Gasteiger partial charge on any atom is 0.325 e. The molecule has 2 aromatic rings. The zero-order chi connectivity index (χ0) is 17.7. The molecule has 0 bridgehead atoms. The van der Waals surface area contributed by atoms with Gasteiger partial charge in [0.2, 0.25) is 0 Å². The summed E-state index contributed by atoms with van der Waals surface area (Å²) in [6.07, 6.45) is 1.64. The number of esters is 1. The summed E-state index contributed by atoms with van der Waals surface area (Å²) in [7, 11) is 4.46. The molecule has 1 amide bonds. The van der Waals surface area contributed by atoms with Crippen LogP contribution in [0.4, 0.5) is 0 Å². The second-order valence-electron chi connectivity index (χ2n) is 5.42. The predicted molar refractivity (Wildman–Crippen MR) is 88.0 cm³/mol. The monoisotopic (exact) mass is 331 g/mol. The largest absolute Gasteiger partial charge is 0.497 e. The van der Waals surface area contributed by atoms with Crippen molar-refractivity contribution >= 4 is 11.9 Å². The van der Waals surface area contributed by atoms with Crippen molar-refractivity contribution in [3.63, 3.8) is 0 Å². The highest BCUT2D eigenvalue weighted by Crippen LogP contribution is 2.15. The van der Waals surface area contributed by atoms with Crippen molar-refractivity contribution < 1.29 is 19.1 Å². The average Bonchev–Trinajstić information content (AvgIpc) is 2.95. The molecule has 128 valence electrons. The first-order chi connectivity index (χ1) is 11.5. The first-order valence-corrected chi connectivity index (χ1v) is 7.44. The number of likely N-dealkylation sites (N-methyl/N-ethyl adjacent to an activating group) is 1. The molecule has 0 spiro atoms. The van der Waals surface area contributed by atoms with Gasteiger partial charge in [0.25, 0.3) is 5.91 Å². The van der Waals surface area contributed by atoms with Crippen LogP contribution in [0.1, 0.15) is 21.6 Å². The van der Waals surface area contributed by atoms with Crippen LogP contribution in [0, 0.1) is 6.92 Å². The lowest BCUT2D eigenvalue weighted by Gasteiger charge is -2.17. The number of benzene rings is 1. The molecule has 24 heavy (non-hydrogen) atoms. The van der Waals surface area contributed by atoms with Crippen LogP contribution in [-0.2, 0) is 16.1 Å². The second kappa shape index (κ2) is 7.63. The number of aromatic nitrogens is 2. The Hall–Kier alpha value is -2.83.